The maximum atomic E-state index is 8.56. The molecule has 1 aromatic carbocycles. The molecule has 0 fully saturated rings. The van der Waals surface area contributed by atoms with E-state index in [-0.39, 0.29) is 6.61 Å². The molecule has 0 aliphatic heterocycles. The Labute approximate surface area is 114 Å². The Hall–Kier alpha value is -1.30. The van der Waals surface area contributed by atoms with E-state index < -0.39 is 0 Å². The summed E-state index contributed by atoms with van der Waals surface area (Å²) >= 11 is 0. The van der Waals surface area contributed by atoms with Crippen molar-refractivity contribution in [1.82, 2.24) is 5.32 Å². The molecule has 2 N–H and O–H groups in total. The van der Waals surface area contributed by atoms with Gasteiger partial charge in [0.2, 0.25) is 0 Å². The number of ether oxygens (including phenoxy) is 3. The average molecular weight is 269 g/mol. The molecule has 0 aliphatic carbocycles. The second-order valence-corrected chi connectivity index (χ2v) is 3.93. The van der Waals surface area contributed by atoms with Crippen molar-refractivity contribution in [1.29, 1.82) is 0 Å². The van der Waals surface area contributed by atoms with Crippen LogP contribution < -0.4 is 14.8 Å². The summed E-state index contributed by atoms with van der Waals surface area (Å²) in [7, 11) is 1.63. The van der Waals surface area contributed by atoms with Gasteiger partial charge >= 0.3 is 0 Å². The predicted octanol–water partition coefficient (Wildman–Crippen LogP) is 1.19. The van der Waals surface area contributed by atoms with Gasteiger partial charge < -0.3 is 24.6 Å². The van der Waals surface area contributed by atoms with Crippen LogP contribution in [0.25, 0.3) is 0 Å². The molecule has 1 rings (SSSR count). The summed E-state index contributed by atoms with van der Waals surface area (Å²) < 4.78 is 15.9. The van der Waals surface area contributed by atoms with Gasteiger partial charge in [0.05, 0.1) is 33.5 Å². The summed E-state index contributed by atoms with van der Waals surface area (Å²) in [4.78, 5) is 0. The Morgan fingerprint density at radius 1 is 1.21 bits per heavy atom. The molecule has 0 spiro atoms. The van der Waals surface area contributed by atoms with Crippen molar-refractivity contribution in [2.45, 2.75) is 13.5 Å². The number of methoxy groups -OCH3 is 1. The van der Waals surface area contributed by atoms with Gasteiger partial charge in [-0.1, -0.05) is 6.07 Å². The van der Waals surface area contributed by atoms with E-state index in [9.17, 15) is 0 Å². The number of hydrogen-bond acceptors (Lipinski definition) is 5. The van der Waals surface area contributed by atoms with Gasteiger partial charge in [-0.15, -0.1) is 0 Å². The molecule has 0 unspecified atom stereocenters. The molecular formula is C14H23NO4. The highest BCUT2D eigenvalue weighted by atomic mass is 16.5. The maximum absolute atomic E-state index is 8.56. The zero-order valence-corrected chi connectivity index (χ0v) is 11.6. The first-order chi connectivity index (χ1) is 9.31. The highest BCUT2D eigenvalue weighted by molar-refractivity contribution is 5.42. The molecule has 0 amide bonds. The number of nitrogens with one attached hydrogen (secondary N) is 1. The zero-order chi connectivity index (χ0) is 13.9. The van der Waals surface area contributed by atoms with Crippen LogP contribution in [0, 0.1) is 0 Å². The summed E-state index contributed by atoms with van der Waals surface area (Å²) in [5, 5.41) is 11.8. The van der Waals surface area contributed by atoms with E-state index in [1.54, 1.807) is 7.11 Å². The van der Waals surface area contributed by atoms with Crippen molar-refractivity contribution < 1.29 is 19.3 Å². The van der Waals surface area contributed by atoms with E-state index in [1.165, 1.54) is 0 Å². The number of benzene rings is 1. The number of aliphatic hydroxyl groups excluding tert-OH is 1. The van der Waals surface area contributed by atoms with Crippen LogP contribution in [0.3, 0.4) is 0 Å². The molecule has 5 nitrogen and oxygen atoms in total. The van der Waals surface area contributed by atoms with E-state index in [1.807, 2.05) is 25.1 Å². The van der Waals surface area contributed by atoms with E-state index in [2.05, 4.69) is 5.32 Å². The van der Waals surface area contributed by atoms with E-state index in [0.717, 1.165) is 30.2 Å². The van der Waals surface area contributed by atoms with Gasteiger partial charge in [-0.3, -0.25) is 0 Å². The lowest BCUT2D eigenvalue weighted by Gasteiger charge is -2.11. The van der Waals surface area contributed by atoms with Crippen molar-refractivity contribution in [3.05, 3.63) is 23.8 Å². The van der Waals surface area contributed by atoms with Crippen molar-refractivity contribution in [2.24, 2.45) is 0 Å². The summed E-state index contributed by atoms with van der Waals surface area (Å²) in [5.74, 6) is 1.51. The molecule has 0 heterocycles. The van der Waals surface area contributed by atoms with Crippen molar-refractivity contribution in [3.63, 3.8) is 0 Å². The molecule has 0 bridgehead atoms. The fourth-order valence-electron chi connectivity index (χ4n) is 1.64. The molecule has 0 radical (unpaired) electrons. The Bertz CT molecular complexity index is 357. The van der Waals surface area contributed by atoms with Gasteiger partial charge in [0.15, 0.2) is 11.5 Å². The van der Waals surface area contributed by atoms with Crippen LogP contribution in [0.5, 0.6) is 11.5 Å². The molecule has 0 saturated heterocycles. The Kier molecular flexibility index (Phi) is 7.97. The fraction of sp³-hybridized carbons (Fsp3) is 0.571. The lowest BCUT2D eigenvalue weighted by atomic mass is 10.2. The third-order valence-corrected chi connectivity index (χ3v) is 2.52. The highest BCUT2D eigenvalue weighted by Gasteiger charge is 2.04. The molecule has 1 aromatic rings. The lowest BCUT2D eigenvalue weighted by Crippen LogP contribution is -2.20. The highest BCUT2D eigenvalue weighted by Crippen LogP contribution is 2.27. The van der Waals surface area contributed by atoms with E-state index in [0.29, 0.717) is 19.8 Å². The minimum atomic E-state index is 0.0657. The first-order valence-electron chi connectivity index (χ1n) is 6.50. The number of rotatable bonds is 10. The molecule has 0 aliphatic rings. The fourth-order valence-corrected chi connectivity index (χ4v) is 1.64. The second-order valence-electron chi connectivity index (χ2n) is 3.93. The van der Waals surface area contributed by atoms with Crippen LogP contribution in [0.15, 0.2) is 18.2 Å². The molecule has 0 atom stereocenters. The van der Waals surface area contributed by atoms with Crippen LogP contribution in [-0.4, -0.2) is 45.2 Å². The largest absolute Gasteiger partial charge is 0.493 e. The number of hydrogen-bond donors (Lipinski definition) is 2. The average Bonchev–Trinajstić information content (AvgIpc) is 2.43. The Morgan fingerprint density at radius 3 is 2.74 bits per heavy atom. The quantitative estimate of drug-likeness (QED) is 0.625. The summed E-state index contributed by atoms with van der Waals surface area (Å²) in [5.41, 5.74) is 1.13. The number of aliphatic hydroxyl groups is 1. The maximum Gasteiger partial charge on any atom is 0.161 e. The normalized spacial score (nSPS) is 10.5. The summed E-state index contributed by atoms with van der Waals surface area (Å²) in [6.45, 7) is 5.09. The van der Waals surface area contributed by atoms with Crippen molar-refractivity contribution >= 4 is 0 Å². The smallest absolute Gasteiger partial charge is 0.161 e. The molecule has 19 heavy (non-hydrogen) atoms. The summed E-state index contributed by atoms with van der Waals surface area (Å²) in [6.07, 6.45) is 0. The van der Waals surface area contributed by atoms with Gasteiger partial charge in [-0.05, 0) is 24.6 Å². The van der Waals surface area contributed by atoms with Crippen LogP contribution in [-0.2, 0) is 11.3 Å². The lowest BCUT2D eigenvalue weighted by molar-refractivity contribution is 0.0938. The Balaban J connectivity index is 2.39. The zero-order valence-electron chi connectivity index (χ0n) is 11.6. The summed E-state index contributed by atoms with van der Waals surface area (Å²) in [6, 6.07) is 5.89. The van der Waals surface area contributed by atoms with Gasteiger partial charge in [-0.25, -0.2) is 0 Å². The first kappa shape index (κ1) is 15.8. The van der Waals surface area contributed by atoms with Crippen LogP contribution in [0.4, 0.5) is 0 Å². The molecule has 108 valence electrons. The topological polar surface area (TPSA) is 60.0 Å². The van der Waals surface area contributed by atoms with Gasteiger partial charge in [0, 0.05) is 13.1 Å². The van der Waals surface area contributed by atoms with Crippen molar-refractivity contribution in [3.8, 4) is 11.5 Å². The van der Waals surface area contributed by atoms with Gasteiger partial charge in [-0.2, -0.15) is 0 Å². The van der Waals surface area contributed by atoms with Gasteiger partial charge in [0.1, 0.15) is 0 Å². The standard InChI is InChI=1S/C14H23NO4/c1-3-19-14-10-12(4-5-13(14)17-2)11-15-6-8-18-9-7-16/h4-5,10,15-16H,3,6-9,11H2,1-2H3. The van der Waals surface area contributed by atoms with Crippen LogP contribution in [0.1, 0.15) is 12.5 Å². The second kappa shape index (κ2) is 9.61. The van der Waals surface area contributed by atoms with Gasteiger partial charge in [0.25, 0.3) is 0 Å². The Morgan fingerprint density at radius 2 is 2.05 bits per heavy atom. The monoisotopic (exact) mass is 269 g/mol. The predicted molar refractivity (Wildman–Crippen MR) is 73.8 cm³/mol. The first-order valence-corrected chi connectivity index (χ1v) is 6.50. The van der Waals surface area contributed by atoms with Crippen molar-refractivity contribution in [2.75, 3.05) is 40.1 Å². The van der Waals surface area contributed by atoms with E-state index >= 15 is 0 Å². The molecular weight excluding hydrogens is 246 g/mol. The third kappa shape index (κ3) is 5.92. The van der Waals surface area contributed by atoms with Crippen LogP contribution >= 0.6 is 0 Å². The van der Waals surface area contributed by atoms with Crippen LogP contribution in [0.2, 0.25) is 0 Å². The third-order valence-electron chi connectivity index (χ3n) is 2.52. The SMILES string of the molecule is CCOc1cc(CNCCOCCO)ccc1OC. The van der Waals surface area contributed by atoms with E-state index in [4.69, 9.17) is 19.3 Å². The molecule has 0 saturated carbocycles. The molecule has 0 aromatic heterocycles. The minimum absolute atomic E-state index is 0.0657. The molecule has 5 heteroatoms. The minimum Gasteiger partial charge on any atom is -0.493 e.